The number of hydrogen-bond donors (Lipinski definition) is 1. The van der Waals surface area contributed by atoms with E-state index in [9.17, 15) is 5.11 Å². The lowest BCUT2D eigenvalue weighted by molar-refractivity contribution is 0.156. The Hall–Kier alpha value is -0.820. The number of hydrogen-bond acceptors (Lipinski definition) is 1. The van der Waals surface area contributed by atoms with Crippen molar-refractivity contribution < 1.29 is 5.11 Å². The average molecular weight is 204 g/mol. The molecule has 0 spiro atoms. The molecule has 0 heterocycles. The highest BCUT2D eigenvalue weighted by atomic mass is 16.3. The molecule has 15 heavy (non-hydrogen) atoms. The van der Waals surface area contributed by atoms with Gasteiger partial charge in [0.1, 0.15) is 0 Å². The number of aryl methyl sites for hydroxylation is 1. The molecule has 0 aliphatic heterocycles. The van der Waals surface area contributed by atoms with Crippen molar-refractivity contribution in [3.05, 3.63) is 34.9 Å². The van der Waals surface area contributed by atoms with Crippen LogP contribution < -0.4 is 0 Å². The maximum absolute atomic E-state index is 9.95. The van der Waals surface area contributed by atoms with E-state index in [1.807, 2.05) is 0 Å². The van der Waals surface area contributed by atoms with E-state index in [4.69, 9.17) is 0 Å². The third-order valence-electron chi connectivity index (χ3n) is 3.29. The van der Waals surface area contributed by atoms with Crippen molar-refractivity contribution in [1.82, 2.24) is 0 Å². The van der Waals surface area contributed by atoms with Gasteiger partial charge in [0.2, 0.25) is 0 Å². The second-order valence-corrected chi connectivity index (χ2v) is 5.57. The maximum Gasteiger partial charge on any atom is 0.0792 e. The number of aliphatic hydroxyl groups excluding tert-OH is 1. The van der Waals surface area contributed by atoms with Crippen LogP contribution in [-0.4, -0.2) is 5.11 Å². The Labute approximate surface area is 92.1 Å². The van der Waals surface area contributed by atoms with E-state index in [2.05, 4.69) is 39.0 Å². The molecule has 1 nitrogen and oxygen atoms in total. The van der Waals surface area contributed by atoms with Crippen molar-refractivity contribution in [3.8, 4) is 0 Å². The Balaban J connectivity index is 2.44. The summed E-state index contributed by atoms with van der Waals surface area (Å²) < 4.78 is 0. The molecule has 1 aliphatic carbocycles. The molecule has 1 aromatic rings. The van der Waals surface area contributed by atoms with Crippen LogP contribution in [0.1, 0.15) is 56.4 Å². The monoisotopic (exact) mass is 204 g/mol. The third-order valence-corrected chi connectivity index (χ3v) is 3.29. The quantitative estimate of drug-likeness (QED) is 0.687. The highest BCUT2D eigenvalue weighted by Crippen LogP contribution is 2.33. The summed E-state index contributed by atoms with van der Waals surface area (Å²) in [6, 6.07) is 6.59. The van der Waals surface area contributed by atoms with Crippen LogP contribution in [-0.2, 0) is 11.8 Å². The summed E-state index contributed by atoms with van der Waals surface area (Å²) in [5.41, 5.74) is 3.99. The zero-order valence-corrected chi connectivity index (χ0v) is 9.88. The summed E-state index contributed by atoms with van der Waals surface area (Å²) in [5.74, 6) is 0. The summed E-state index contributed by atoms with van der Waals surface area (Å²) in [7, 11) is 0. The van der Waals surface area contributed by atoms with Crippen molar-refractivity contribution in [3.63, 3.8) is 0 Å². The molecule has 1 aromatic carbocycles. The Morgan fingerprint density at radius 2 is 2.00 bits per heavy atom. The van der Waals surface area contributed by atoms with E-state index in [0.29, 0.717) is 0 Å². The lowest BCUT2D eigenvalue weighted by Gasteiger charge is -2.26. The fourth-order valence-electron chi connectivity index (χ4n) is 2.24. The van der Waals surface area contributed by atoms with E-state index in [-0.39, 0.29) is 11.5 Å². The number of benzene rings is 1. The fraction of sp³-hybridized carbons (Fsp3) is 0.571. The second-order valence-electron chi connectivity index (χ2n) is 5.57. The van der Waals surface area contributed by atoms with Crippen LogP contribution in [0.25, 0.3) is 0 Å². The SMILES string of the molecule is CC(C)(C)c1ccc2c(c1)[C@H](O)CCC2. The predicted octanol–water partition coefficient (Wildman–Crippen LogP) is 3.35. The molecular formula is C14H20O. The standard InChI is InChI=1S/C14H20O/c1-14(2,3)11-8-7-10-5-4-6-13(15)12(10)9-11/h7-9,13,15H,4-6H2,1-3H3/t13-/m1/s1. The Morgan fingerprint density at radius 3 is 2.67 bits per heavy atom. The van der Waals surface area contributed by atoms with Gasteiger partial charge in [0.25, 0.3) is 0 Å². The molecule has 1 N–H and O–H groups in total. The lowest BCUT2D eigenvalue weighted by Crippen LogP contribution is -2.15. The van der Waals surface area contributed by atoms with Crippen molar-refractivity contribution in [1.29, 1.82) is 0 Å². The first-order valence-electron chi connectivity index (χ1n) is 5.80. The Bertz CT molecular complexity index is 360. The largest absolute Gasteiger partial charge is 0.388 e. The van der Waals surface area contributed by atoms with Crippen molar-refractivity contribution >= 4 is 0 Å². The van der Waals surface area contributed by atoms with E-state index in [1.54, 1.807) is 0 Å². The van der Waals surface area contributed by atoms with E-state index >= 15 is 0 Å². The molecule has 1 atom stereocenters. The topological polar surface area (TPSA) is 20.2 Å². The first kappa shape index (κ1) is 10.7. The first-order chi connectivity index (χ1) is 6.98. The third kappa shape index (κ3) is 2.07. The van der Waals surface area contributed by atoms with Gasteiger partial charge in [0, 0.05) is 0 Å². The smallest absolute Gasteiger partial charge is 0.0792 e. The van der Waals surface area contributed by atoms with Crippen LogP contribution in [0, 0.1) is 0 Å². The van der Waals surface area contributed by atoms with Gasteiger partial charge in [-0.15, -0.1) is 0 Å². The molecule has 0 amide bonds. The van der Waals surface area contributed by atoms with E-state index < -0.39 is 0 Å². The molecule has 0 radical (unpaired) electrons. The summed E-state index contributed by atoms with van der Waals surface area (Å²) in [6.07, 6.45) is 2.91. The highest BCUT2D eigenvalue weighted by molar-refractivity contribution is 5.37. The Morgan fingerprint density at radius 1 is 1.27 bits per heavy atom. The van der Waals surface area contributed by atoms with Gasteiger partial charge in [-0.25, -0.2) is 0 Å². The van der Waals surface area contributed by atoms with Gasteiger partial charge in [0.15, 0.2) is 0 Å². The normalized spacial score (nSPS) is 21.2. The molecule has 0 saturated heterocycles. The van der Waals surface area contributed by atoms with Crippen LogP contribution in [0.4, 0.5) is 0 Å². The maximum atomic E-state index is 9.95. The lowest BCUT2D eigenvalue weighted by atomic mass is 9.81. The minimum absolute atomic E-state index is 0.173. The van der Waals surface area contributed by atoms with Crippen molar-refractivity contribution in [2.24, 2.45) is 0 Å². The summed E-state index contributed by atoms with van der Waals surface area (Å²) in [5, 5.41) is 9.95. The van der Waals surface area contributed by atoms with Crippen LogP contribution in [0.2, 0.25) is 0 Å². The van der Waals surface area contributed by atoms with Crippen LogP contribution in [0.15, 0.2) is 18.2 Å². The molecule has 0 saturated carbocycles. The molecule has 1 heteroatoms. The summed E-state index contributed by atoms with van der Waals surface area (Å²) >= 11 is 0. The first-order valence-corrected chi connectivity index (χ1v) is 5.80. The number of rotatable bonds is 0. The van der Waals surface area contributed by atoms with Gasteiger partial charge in [-0.1, -0.05) is 39.0 Å². The van der Waals surface area contributed by atoms with Gasteiger partial charge < -0.3 is 5.11 Å². The van der Waals surface area contributed by atoms with E-state index in [1.165, 1.54) is 11.1 Å². The summed E-state index contributed by atoms with van der Waals surface area (Å²) in [6.45, 7) is 6.64. The number of aliphatic hydroxyl groups is 1. The molecule has 0 fully saturated rings. The highest BCUT2D eigenvalue weighted by Gasteiger charge is 2.21. The van der Waals surface area contributed by atoms with Gasteiger partial charge >= 0.3 is 0 Å². The molecule has 82 valence electrons. The average Bonchev–Trinajstić information content (AvgIpc) is 2.16. The van der Waals surface area contributed by atoms with E-state index in [0.717, 1.165) is 24.8 Å². The van der Waals surface area contributed by atoms with Crippen LogP contribution in [0.3, 0.4) is 0 Å². The molecule has 0 unspecified atom stereocenters. The predicted molar refractivity (Wildman–Crippen MR) is 63.0 cm³/mol. The zero-order valence-electron chi connectivity index (χ0n) is 9.88. The Kier molecular flexibility index (Phi) is 2.59. The molecule has 0 bridgehead atoms. The van der Waals surface area contributed by atoms with Gasteiger partial charge in [-0.2, -0.15) is 0 Å². The molecule has 0 aromatic heterocycles. The van der Waals surface area contributed by atoms with Gasteiger partial charge in [0.05, 0.1) is 6.10 Å². The fourth-order valence-corrected chi connectivity index (χ4v) is 2.24. The molecule has 1 aliphatic rings. The van der Waals surface area contributed by atoms with Gasteiger partial charge in [-0.3, -0.25) is 0 Å². The minimum Gasteiger partial charge on any atom is -0.388 e. The van der Waals surface area contributed by atoms with Gasteiger partial charge in [-0.05, 0) is 41.4 Å². The second kappa shape index (κ2) is 3.64. The number of fused-ring (bicyclic) bond motifs is 1. The van der Waals surface area contributed by atoms with Crippen molar-refractivity contribution in [2.75, 3.05) is 0 Å². The van der Waals surface area contributed by atoms with Crippen LogP contribution in [0.5, 0.6) is 0 Å². The molecular weight excluding hydrogens is 184 g/mol. The minimum atomic E-state index is -0.240. The van der Waals surface area contributed by atoms with Crippen LogP contribution >= 0.6 is 0 Å². The molecule has 2 rings (SSSR count). The van der Waals surface area contributed by atoms with Crippen molar-refractivity contribution in [2.45, 2.75) is 51.6 Å². The zero-order chi connectivity index (χ0) is 11.1. The summed E-state index contributed by atoms with van der Waals surface area (Å²) in [4.78, 5) is 0.